The molecule has 7 heteroatoms. The van der Waals surface area contributed by atoms with Crippen LogP contribution in [0, 0.1) is 0 Å². The summed E-state index contributed by atoms with van der Waals surface area (Å²) in [6, 6.07) is 15.0. The number of carbonyl (C=O) groups excluding carboxylic acids is 2. The van der Waals surface area contributed by atoms with E-state index in [4.69, 9.17) is 11.6 Å². The molecule has 1 saturated heterocycles. The molecule has 2 amide bonds. The van der Waals surface area contributed by atoms with Crippen LogP contribution in [0.2, 0.25) is 5.02 Å². The Kier molecular flexibility index (Phi) is 6.17. The van der Waals surface area contributed by atoms with Gasteiger partial charge in [0, 0.05) is 43.8 Å². The van der Waals surface area contributed by atoms with E-state index >= 15 is 0 Å². The number of nitrogens with zero attached hydrogens (tertiary/aromatic N) is 2. The second-order valence-corrected chi connectivity index (χ2v) is 6.99. The van der Waals surface area contributed by atoms with E-state index in [0.29, 0.717) is 24.2 Å². The number of hydrogen-bond donors (Lipinski definition) is 1. The first kappa shape index (κ1) is 19.8. The summed E-state index contributed by atoms with van der Waals surface area (Å²) in [5.74, 6) is -0.398. The maximum Gasteiger partial charge on any atom is 0.261 e. The molecule has 5 nitrogen and oxygen atoms in total. The Labute approximate surface area is 169 Å². The van der Waals surface area contributed by atoms with Crippen LogP contribution in [0.4, 0.5) is 0 Å². The number of carbonyl (C=O) groups is 2. The van der Waals surface area contributed by atoms with E-state index in [2.05, 4.69) is 10.2 Å². The summed E-state index contributed by atoms with van der Waals surface area (Å²) < 4.78 is 0. The molecule has 0 radical (unpaired) electrons. The Morgan fingerprint density at radius 1 is 0.963 bits per heavy atom. The van der Waals surface area contributed by atoms with Crippen molar-refractivity contribution in [3.63, 3.8) is 0 Å². The molecule has 2 heterocycles. The standard InChI is InChI=1S/C20H20ClN3O2.ClH/c21-17-8-4-3-7-16(17)18-13-22-9-10-23(18)11-12-24-19(25)14-5-1-2-6-15(14)20(24)26;/h1-8,18,22H,9-13H2;1H. The molecule has 142 valence electrons. The Balaban J connectivity index is 0.00000210. The summed E-state index contributed by atoms with van der Waals surface area (Å²) in [7, 11) is 0. The van der Waals surface area contributed by atoms with E-state index in [0.717, 1.165) is 30.2 Å². The highest BCUT2D eigenvalue weighted by Crippen LogP contribution is 2.29. The topological polar surface area (TPSA) is 52.7 Å². The van der Waals surface area contributed by atoms with E-state index < -0.39 is 0 Å². The van der Waals surface area contributed by atoms with Gasteiger partial charge in [0.1, 0.15) is 0 Å². The third-order valence-electron chi connectivity index (χ3n) is 5.11. The molecule has 1 fully saturated rings. The molecule has 0 spiro atoms. The number of halogens is 2. The van der Waals surface area contributed by atoms with Gasteiger partial charge in [0.25, 0.3) is 11.8 Å². The minimum Gasteiger partial charge on any atom is -0.314 e. The maximum absolute atomic E-state index is 12.5. The molecular weight excluding hydrogens is 385 g/mol. The lowest BCUT2D eigenvalue weighted by molar-refractivity contribution is 0.0614. The molecular formula is C20H21Cl2N3O2. The monoisotopic (exact) mass is 405 g/mol. The second-order valence-electron chi connectivity index (χ2n) is 6.58. The van der Waals surface area contributed by atoms with Crippen molar-refractivity contribution in [2.24, 2.45) is 0 Å². The minimum absolute atomic E-state index is 0. The summed E-state index contributed by atoms with van der Waals surface area (Å²) in [4.78, 5) is 28.7. The summed E-state index contributed by atoms with van der Waals surface area (Å²) >= 11 is 6.38. The van der Waals surface area contributed by atoms with Gasteiger partial charge in [-0.25, -0.2) is 0 Å². The maximum atomic E-state index is 12.5. The summed E-state index contributed by atoms with van der Waals surface area (Å²) in [6.45, 7) is 3.53. The zero-order chi connectivity index (χ0) is 18.1. The molecule has 1 atom stereocenters. The average Bonchev–Trinajstić information content (AvgIpc) is 2.92. The fourth-order valence-electron chi connectivity index (χ4n) is 3.74. The highest BCUT2D eigenvalue weighted by atomic mass is 35.5. The van der Waals surface area contributed by atoms with Gasteiger partial charge in [-0.2, -0.15) is 0 Å². The van der Waals surface area contributed by atoms with Gasteiger partial charge in [-0.3, -0.25) is 19.4 Å². The summed E-state index contributed by atoms with van der Waals surface area (Å²) in [5, 5.41) is 4.14. The second kappa shape index (κ2) is 8.40. The van der Waals surface area contributed by atoms with Crippen LogP contribution in [-0.2, 0) is 0 Å². The van der Waals surface area contributed by atoms with E-state index in [-0.39, 0.29) is 30.3 Å². The van der Waals surface area contributed by atoms with E-state index in [1.54, 1.807) is 24.3 Å². The summed E-state index contributed by atoms with van der Waals surface area (Å²) in [6.07, 6.45) is 0. The van der Waals surface area contributed by atoms with Gasteiger partial charge in [0.05, 0.1) is 11.1 Å². The van der Waals surface area contributed by atoms with Gasteiger partial charge in [0.15, 0.2) is 0 Å². The van der Waals surface area contributed by atoms with Crippen LogP contribution >= 0.6 is 24.0 Å². The van der Waals surface area contributed by atoms with E-state index in [1.165, 1.54) is 4.90 Å². The van der Waals surface area contributed by atoms with Crippen molar-refractivity contribution in [1.29, 1.82) is 0 Å². The quantitative estimate of drug-likeness (QED) is 0.794. The van der Waals surface area contributed by atoms with Crippen LogP contribution in [0.25, 0.3) is 0 Å². The highest BCUT2D eigenvalue weighted by Gasteiger charge is 2.35. The number of rotatable bonds is 4. The number of hydrogen-bond acceptors (Lipinski definition) is 4. The first-order valence-corrected chi connectivity index (χ1v) is 9.19. The molecule has 1 N–H and O–H groups in total. The molecule has 1 unspecified atom stereocenters. The van der Waals surface area contributed by atoms with Crippen LogP contribution in [0.15, 0.2) is 48.5 Å². The van der Waals surface area contributed by atoms with E-state index in [9.17, 15) is 9.59 Å². The largest absolute Gasteiger partial charge is 0.314 e. The predicted molar refractivity (Wildman–Crippen MR) is 108 cm³/mol. The van der Waals surface area contributed by atoms with Gasteiger partial charge in [-0.05, 0) is 23.8 Å². The highest BCUT2D eigenvalue weighted by molar-refractivity contribution is 6.31. The fraction of sp³-hybridized carbons (Fsp3) is 0.300. The minimum atomic E-state index is -0.199. The Bertz CT molecular complexity index is 824. The molecule has 0 aromatic heterocycles. The lowest BCUT2D eigenvalue weighted by atomic mass is 10.0. The lowest BCUT2D eigenvalue weighted by Gasteiger charge is -2.37. The molecule has 0 bridgehead atoms. The zero-order valence-corrected chi connectivity index (χ0v) is 16.3. The van der Waals surface area contributed by atoms with Crippen molar-refractivity contribution < 1.29 is 9.59 Å². The average molecular weight is 406 g/mol. The van der Waals surface area contributed by atoms with Crippen LogP contribution in [0.1, 0.15) is 32.3 Å². The van der Waals surface area contributed by atoms with E-state index in [1.807, 2.05) is 24.3 Å². The van der Waals surface area contributed by atoms with Gasteiger partial charge < -0.3 is 5.32 Å². The first-order valence-electron chi connectivity index (χ1n) is 8.81. The van der Waals surface area contributed by atoms with Crippen LogP contribution in [-0.4, -0.2) is 54.3 Å². The fourth-order valence-corrected chi connectivity index (χ4v) is 4.00. The molecule has 4 rings (SSSR count). The molecule has 0 saturated carbocycles. The van der Waals surface area contributed by atoms with Crippen molar-refractivity contribution in [3.05, 3.63) is 70.2 Å². The zero-order valence-electron chi connectivity index (χ0n) is 14.7. The molecule has 2 aromatic carbocycles. The molecule has 2 aliphatic heterocycles. The SMILES string of the molecule is Cl.O=C1c2ccccc2C(=O)N1CCN1CCNCC1c1ccccc1Cl. The number of benzene rings is 2. The lowest BCUT2D eigenvalue weighted by Crippen LogP contribution is -2.49. The number of nitrogens with one attached hydrogen (secondary N) is 1. The molecule has 2 aliphatic rings. The Morgan fingerprint density at radius 3 is 2.26 bits per heavy atom. The number of fused-ring (bicyclic) bond motifs is 1. The number of amides is 2. The molecule has 27 heavy (non-hydrogen) atoms. The van der Waals surface area contributed by atoms with Crippen molar-refractivity contribution >= 4 is 35.8 Å². The normalized spacial score (nSPS) is 19.7. The van der Waals surface area contributed by atoms with Gasteiger partial charge in [-0.1, -0.05) is 41.9 Å². The predicted octanol–water partition coefficient (Wildman–Crippen LogP) is 3.00. The first-order chi connectivity index (χ1) is 12.7. The smallest absolute Gasteiger partial charge is 0.261 e. The number of imide groups is 1. The third kappa shape index (κ3) is 3.73. The van der Waals surface area contributed by atoms with Crippen LogP contribution in [0.3, 0.4) is 0 Å². The van der Waals surface area contributed by atoms with Gasteiger partial charge in [-0.15, -0.1) is 12.4 Å². The van der Waals surface area contributed by atoms with Gasteiger partial charge >= 0.3 is 0 Å². The van der Waals surface area contributed by atoms with Crippen molar-refractivity contribution in [1.82, 2.24) is 15.1 Å². The van der Waals surface area contributed by atoms with Crippen molar-refractivity contribution in [2.45, 2.75) is 6.04 Å². The van der Waals surface area contributed by atoms with Crippen molar-refractivity contribution in [3.8, 4) is 0 Å². The van der Waals surface area contributed by atoms with Crippen LogP contribution < -0.4 is 5.32 Å². The third-order valence-corrected chi connectivity index (χ3v) is 5.45. The van der Waals surface area contributed by atoms with Crippen LogP contribution in [0.5, 0.6) is 0 Å². The Morgan fingerprint density at radius 2 is 1.59 bits per heavy atom. The molecule has 0 aliphatic carbocycles. The molecule has 2 aromatic rings. The Hall–Kier alpha value is -1.92. The van der Waals surface area contributed by atoms with Gasteiger partial charge in [0.2, 0.25) is 0 Å². The number of piperazine rings is 1. The van der Waals surface area contributed by atoms with Crippen molar-refractivity contribution in [2.75, 3.05) is 32.7 Å². The summed E-state index contributed by atoms with van der Waals surface area (Å²) in [5.41, 5.74) is 2.07.